The van der Waals surface area contributed by atoms with Gasteiger partial charge in [0.25, 0.3) is 0 Å². The van der Waals surface area contributed by atoms with E-state index in [2.05, 4.69) is 76.8 Å². The zero-order chi connectivity index (χ0) is 21.2. The van der Waals surface area contributed by atoms with Gasteiger partial charge in [-0.15, -0.1) is 0 Å². The average molecular weight is 403 g/mol. The number of quaternary nitrogens is 1. The van der Waals surface area contributed by atoms with E-state index in [4.69, 9.17) is 9.73 Å². The summed E-state index contributed by atoms with van der Waals surface area (Å²) in [6.07, 6.45) is 9.89. The maximum atomic E-state index is 5.68. The molecule has 0 amide bonds. The summed E-state index contributed by atoms with van der Waals surface area (Å²) in [4.78, 5) is 7.60. The number of fused-ring (bicyclic) bond motifs is 1. The fourth-order valence-electron chi connectivity index (χ4n) is 4.89. The van der Waals surface area contributed by atoms with Gasteiger partial charge in [-0.2, -0.15) is 0 Å². The molecule has 29 heavy (non-hydrogen) atoms. The number of hydrogen-bond donors (Lipinski definition) is 0. The summed E-state index contributed by atoms with van der Waals surface area (Å²) < 4.78 is 9.15. The lowest BCUT2D eigenvalue weighted by atomic mass is 9.78. The third-order valence-corrected chi connectivity index (χ3v) is 7.51. The Morgan fingerprint density at radius 2 is 2.03 bits per heavy atom. The lowest BCUT2D eigenvalue weighted by Gasteiger charge is -2.49. The molecule has 2 atom stereocenters. The van der Waals surface area contributed by atoms with E-state index in [1.165, 1.54) is 35.4 Å². The molecule has 0 aromatic heterocycles. The Kier molecular flexibility index (Phi) is 6.69. The van der Waals surface area contributed by atoms with E-state index < -0.39 is 0 Å². The fourth-order valence-corrected chi connectivity index (χ4v) is 4.89. The Morgan fingerprint density at radius 3 is 2.66 bits per heavy atom. The SMILES string of the molecule is CCOCCC(C)(CC)CC1=[N+](C)C=CN2C=C(C)C(C3C[N+](C)(CC)C3)N=C12. The first-order valence-electron chi connectivity index (χ1n) is 11.5. The number of amidine groups is 1. The first-order chi connectivity index (χ1) is 13.7. The van der Waals surface area contributed by atoms with E-state index >= 15 is 0 Å². The second-order valence-corrected chi connectivity index (χ2v) is 9.88. The Morgan fingerprint density at radius 1 is 1.31 bits per heavy atom. The molecule has 3 aliphatic heterocycles. The third-order valence-electron chi connectivity index (χ3n) is 7.51. The van der Waals surface area contributed by atoms with E-state index in [1.54, 1.807) is 0 Å². The molecule has 0 N–H and O–H groups in total. The first-order valence-corrected chi connectivity index (χ1v) is 11.5. The van der Waals surface area contributed by atoms with Crippen molar-refractivity contribution in [3.8, 4) is 0 Å². The van der Waals surface area contributed by atoms with Gasteiger partial charge in [0.05, 0.1) is 44.8 Å². The molecule has 1 fully saturated rings. The highest BCUT2D eigenvalue weighted by Gasteiger charge is 2.46. The Bertz CT molecular complexity index is 729. The molecular weight excluding hydrogens is 360 g/mol. The van der Waals surface area contributed by atoms with Gasteiger partial charge in [-0.1, -0.05) is 20.3 Å². The molecule has 3 aliphatic rings. The molecular formula is C24H42N4O+2. The van der Waals surface area contributed by atoms with Crippen LogP contribution in [-0.2, 0) is 4.74 Å². The van der Waals surface area contributed by atoms with E-state index in [1.807, 2.05) is 0 Å². The molecule has 0 aliphatic carbocycles. The summed E-state index contributed by atoms with van der Waals surface area (Å²) >= 11 is 0. The second kappa shape index (κ2) is 8.73. The molecule has 5 nitrogen and oxygen atoms in total. The minimum absolute atomic E-state index is 0.220. The van der Waals surface area contributed by atoms with E-state index in [-0.39, 0.29) is 5.41 Å². The summed E-state index contributed by atoms with van der Waals surface area (Å²) in [5, 5.41) is 0. The molecule has 0 radical (unpaired) electrons. The van der Waals surface area contributed by atoms with Crippen LogP contribution in [0, 0.1) is 11.3 Å². The predicted octanol–water partition coefficient (Wildman–Crippen LogP) is 3.87. The highest BCUT2D eigenvalue weighted by molar-refractivity contribution is 6.40. The minimum Gasteiger partial charge on any atom is -0.382 e. The summed E-state index contributed by atoms with van der Waals surface area (Å²) in [7, 11) is 4.54. The number of likely N-dealkylation sites (tertiary alicyclic amines) is 1. The van der Waals surface area contributed by atoms with Crippen molar-refractivity contribution in [1.29, 1.82) is 0 Å². The highest BCUT2D eigenvalue weighted by Crippen LogP contribution is 2.35. The van der Waals surface area contributed by atoms with E-state index in [0.717, 1.165) is 38.3 Å². The van der Waals surface area contributed by atoms with Crippen LogP contribution in [0.4, 0.5) is 0 Å². The quantitative estimate of drug-likeness (QED) is 0.333. The number of hydrogen-bond acceptors (Lipinski definition) is 3. The van der Waals surface area contributed by atoms with Gasteiger partial charge in [-0.05, 0) is 38.2 Å². The van der Waals surface area contributed by atoms with Gasteiger partial charge in [0.2, 0.25) is 11.5 Å². The molecule has 1 saturated heterocycles. The van der Waals surface area contributed by atoms with Gasteiger partial charge in [0.1, 0.15) is 7.05 Å². The van der Waals surface area contributed by atoms with Gasteiger partial charge in [0.15, 0.2) is 6.20 Å². The van der Waals surface area contributed by atoms with Crippen LogP contribution in [0.15, 0.2) is 29.2 Å². The van der Waals surface area contributed by atoms with Crippen LogP contribution < -0.4 is 0 Å². The van der Waals surface area contributed by atoms with E-state index in [9.17, 15) is 0 Å². The number of ether oxygens (including phenoxy) is 1. The molecule has 0 aromatic rings. The lowest BCUT2D eigenvalue weighted by molar-refractivity contribution is -0.955. The molecule has 3 heterocycles. The van der Waals surface area contributed by atoms with Gasteiger partial charge in [-0.25, -0.2) is 4.58 Å². The van der Waals surface area contributed by atoms with Crippen molar-refractivity contribution in [2.45, 2.75) is 59.9 Å². The average Bonchev–Trinajstić information content (AvgIpc) is 2.68. The van der Waals surface area contributed by atoms with Gasteiger partial charge >= 0.3 is 0 Å². The van der Waals surface area contributed by atoms with Crippen molar-refractivity contribution >= 4 is 11.5 Å². The first kappa shape index (κ1) is 22.2. The predicted molar refractivity (Wildman–Crippen MR) is 121 cm³/mol. The fraction of sp³-hybridized carbons (Fsp3) is 0.750. The molecule has 0 aromatic carbocycles. The molecule has 0 bridgehead atoms. The van der Waals surface area contributed by atoms with Crippen LogP contribution >= 0.6 is 0 Å². The monoisotopic (exact) mass is 402 g/mol. The van der Waals surface area contributed by atoms with Crippen LogP contribution in [0.25, 0.3) is 0 Å². The summed E-state index contributed by atoms with van der Waals surface area (Å²) in [6.45, 7) is 16.6. The smallest absolute Gasteiger partial charge is 0.224 e. The molecule has 0 saturated carbocycles. The molecule has 162 valence electrons. The topological polar surface area (TPSA) is 27.8 Å². The highest BCUT2D eigenvalue weighted by atomic mass is 16.5. The number of aliphatic imine (C=N–C) groups is 1. The normalized spacial score (nSPS) is 31.1. The summed E-state index contributed by atoms with van der Waals surface area (Å²) in [5.74, 6) is 1.82. The Labute approximate surface area is 178 Å². The van der Waals surface area contributed by atoms with Crippen LogP contribution in [-0.4, -0.2) is 78.5 Å². The Balaban J connectivity index is 1.82. The van der Waals surface area contributed by atoms with Crippen LogP contribution in [0.2, 0.25) is 0 Å². The molecule has 5 heteroatoms. The maximum absolute atomic E-state index is 5.68. The van der Waals surface area contributed by atoms with Crippen molar-refractivity contribution < 1.29 is 13.8 Å². The maximum Gasteiger partial charge on any atom is 0.224 e. The zero-order valence-corrected chi connectivity index (χ0v) is 19.7. The minimum atomic E-state index is 0.220. The third kappa shape index (κ3) is 4.66. The largest absolute Gasteiger partial charge is 0.382 e. The van der Waals surface area contributed by atoms with Gasteiger partial charge < -0.3 is 9.22 Å². The van der Waals surface area contributed by atoms with Gasteiger partial charge in [0, 0.05) is 25.8 Å². The number of nitrogens with zero attached hydrogens (tertiary/aromatic N) is 4. The number of rotatable bonds is 9. The van der Waals surface area contributed by atoms with Crippen molar-refractivity contribution in [3.05, 3.63) is 24.2 Å². The molecule has 3 rings (SSSR count). The van der Waals surface area contributed by atoms with Crippen molar-refractivity contribution in [3.63, 3.8) is 0 Å². The summed E-state index contributed by atoms with van der Waals surface area (Å²) in [5.41, 5.74) is 2.95. The van der Waals surface area contributed by atoms with Crippen LogP contribution in [0.1, 0.15) is 53.9 Å². The van der Waals surface area contributed by atoms with Crippen molar-refractivity contribution in [1.82, 2.24) is 4.90 Å². The second-order valence-electron chi connectivity index (χ2n) is 9.88. The van der Waals surface area contributed by atoms with Crippen molar-refractivity contribution in [2.24, 2.45) is 16.3 Å². The summed E-state index contributed by atoms with van der Waals surface area (Å²) in [6, 6.07) is 0.324. The molecule has 2 unspecified atom stereocenters. The standard InChI is InChI=1S/C24H42N4O/c1-8-24(5,11-14-29-10-3)15-21-23-25-22(20-17-28(7,9-2)18-20)19(4)16-27(23)13-12-26(21)6/h12-13,16,20,22H,8-11,14-15,17-18H2,1-7H3/q+2. The lowest BCUT2D eigenvalue weighted by Crippen LogP contribution is -2.64. The molecule has 0 spiro atoms. The van der Waals surface area contributed by atoms with Crippen molar-refractivity contribution in [2.75, 3.05) is 46.9 Å². The van der Waals surface area contributed by atoms with Crippen LogP contribution in [0.5, 0.6) is 0 Å². The van der Waals surface area contributed by atoms with Crippen LogP contribution in [0.3, 0.4) is 0 Å². The van der Waals surface area contributed by atoms with Gasteiger partial charge in [-0.3, -0.25) is 9.89 Å². The zero-order valence-electron chi connectivity index (χ0n) is 19.7. The van der Waals surface area contributed by atoms with E-state index in [0.29, 0.717) is 12.0 Å². The Hall–Kier alpha value is -1.46.